The summed E-state index contributed by atoms with van der Waals surface area (Å²) in [5, 5.41) is 12.5. The number of hydrogen-bond donors (Lipinski definition) is 0. The number of ether oxygens (including phenoxy) is 1. The monoisotopic (exact) mass is 402 g/mol. The zero-order chi connectivity index (χ0) is 21.1. The van der Waals surface area contributed by atoms with Crippen LogP contribution in [-0.4, -0.2) is 28.9 Å². The molecule has 0 bridgehead atoms. The van der Waals surface area contributed by atoms with Gasteiger partial charge in [-0.1, -0.05) is 19.9 Å². The number of nitro benzene ring substituents is 1. The van der Waals surface area contributed by atoms with Crippen molar-refractivity contribution in [2.24, 2.45) is 4.99 Å². The maximum absolute atomic E-state index is 11.5. The molecule has 3 aromatic rings. The van der Waals surface area contributed by atoms with Crippen molar-refractivity contribution in [3.63, 3.8) is 0 Å². The highest BCUT2D eigenvalue weighted by molar-refractivity contribution is 5.97. The molecular formula is C23H22N4O3. The molecule has 30 heavy (non-hydrogen) atoms. The second kappa shape index (κ2) is 6.26. The fraction of sp³-hybridized carbons (Fsp3) is 0.304. The van der Waals surface area contributed by atoms with E-state index in [1.807, 2.05) is 43.6 Å². The Morgan fingerprint density at radius 3 is 2.70 bits per heavy atom. The SMILES string of the molecule is CCC1(CC)c2cc([N+](=O)[O-])ccc2N(C)C12C=Nc1c(ccc3cccnc13)O2. The third-order valence-electron chi connectivity index (χ3n) is 6.80. The predicted octanol–water partition coefficient (Wildman–Crippen LogP) is 5.14. The molecule has 0 amide bonds. The van der Waals surface area contributed by atoms with Crippen LogP contribution < -0.4 is 9.64 Å². The fourth-order valence-corrected chi connectivity index (χ4v) is 5.18. The van der Waals surface area contributed by atoms with Crippen molar-refractivity contribution in [1.82, 2.24) is 4.98 Å². The van der Waals surface area contributed by atoms with Gasteiger partial charge in [0.05, 0.1) is 22.1 Å². The minimum absolute atomic E-state index is 0.0915. The normalized spacial score (nSPS) is 20.8. The number of benzene rings is 2. The van der Waals surface area contributed by atoms with Gasteiger partial charge < -0.3 is 9.64 Å². The van der Waals surface area contributed by atoms with Crippen molar-refractivity contribution in [3.8, 4) is 5.75 Å². The van der Waals surface area contributed by atoms with Crippen LogP contribution in [0.2, 0.25) is 0 Å². The lowest BCUT2D eigenvalue weighted by Crippen LogP contribution is -2.62. The molecule has 1 atom stereocenters. The summed E-state index contributed by atoms with van der Waals surface area (Å²) in [4.78, 5) is 22.5. The van der Waals surface area contributed by atoms with Gasteiger partial charge in [0, 0.05) is 36.5 Å². The Morgan fingerprint density at radius 1 is 1.17 bits per heavy atom. The number of anilines is 1. The first-order chi connectivity index (χ1) is 14.5. The Labute approximate surface area is 174 Å². The average molecular weight is 402 g/mol. The summed E-state index contributed by atoms with van der Waals surface area (Å²) in [6.07, 6.45) is 5.11. The number of rotatable bonds is 3. The van der Waals surface area contributed by atoms with E-state index in [-0.39, 0.29) is 10.6 Å². The Bertz CT molecular complexity index is 1220. The van der Waals surface area contributed by atoms with Gasteiger partial charge >= 0.3 is 0 Å². The van der Waals surface area contributed by atoms with Crippen LogP contribution in [0.15, 0.2) is 53.7 Å². The Morgan fingerprint density at radius 2 is 1.97 bits per heavy atom. The van der Waals surface area contributed by atoms with Crippen LogP contribution in [0.5, 0.6) is 5.75 Å². The summed E-state index contributed by atoms with van der Waals surface area (Å²) >= 11 is 0. The lowest BCUT2D eigenvalue weighted by molar-refractivity contribution is -0.384. The van der Waals surface area contributed by atoms with Crippen LogP contribution in [0.1, 0.15) is 32.3 Å². The van der Waals surface area contributed by atoms with Crippen LogP contribution >= 0.6 is 0 Å². The molecule has 7 nitrogen and oxygen atoms in total. The smallest absolute Gasteiger partial charge is 0.269 e. The number of pyridine rings is 1. The maximum Gasteiger partial charge on any atom is 0.269 e. The largest absolute Gasteiger partial charge is 0.459 e. The molecule has 5 rings (SSSR count). The van der Waals surface area contributed by atoms with Crippen molar-refractivity contribution in [1.29, 1.82) is 0 Å². The van der Waals surface area contributed by atoms with Gasteiger partial charge in [-0.2, -0.15) is 0 Å². The number of hydrogen-bond acceptors (Lipinski definition) is 6. The molecule has 0 saturated carbocycles. The highest BCUT2D eigenvalue weighted by atomic mass is 16.6. The Balaban J connectivity index is 1.73. The lowest BCUT2D eigenvalue weighted by Gasteiger charge is -2.47. The van der Waals surface area contributed by atoms with Crippen LogP contribution in [0.4, 0.5) is 17.1 Å². The summed E-state index contributed by atoms with van der Waals surface area (Å²) in [5.41, 5.74) is 2.11. The van der Waals surface area contributed by atoms with Gasteiger partial charge in [-0.05, 0) is 42.7 Å². The summed E-state index contributed by atoms with van der Waals surface area (Å²) in [7, 11) is 1.97. The third kappa shape index (κ3) is 2.15. The highest BCUT2D eigenvalue weighted by Gasteiger charge is 2.62. The standard InChI is InChI=1S/C23H22N4O3/c1-4-22(5-2)17-13-16(27(28)29)9-10-18(17)26(3)23(22)14-25-21-19(30-23)11-8-15-7-6-12-24-20(15)21/h6-14H,4-5H2,1-3H3. The highest BCUT2D eigenvalue weighted by Crippen LogP contribution is 2.57. The number of aliphatic imine (C=N–C) groups is 1. The maximum atomic E-state index is 11.5. The zero-order valence-corrected chi connectivity index (χ0v) is 17.1. The number of aromatic nitrogens is 1. The average Bonchev–Trinajstić information content (AvgIpc) is 2.97. The molecule has 1 aromatic heterocycles. The number of non-ortho nitro benzene ring substituents is 1. The molecule has 1 spiro atoms. The Hall–Kier alpha value is -3.48. The van der Waals surface area contributed by atoms with E-state index in [1.54, 1.807) is 18.3 Å². The Kier molecular flexibility index (Phi) is 3.87. The molecule has 0 N–H and O–H groups in total. The molecule has 7 heteroatoms. The van der Waals surface area contributed by atoms with Crippen molar-refractivity contribution >= 4 is 34.2 Å². The summed E-state index contributed by atoms with van der Waals surface area (Å²) < 4.78 is 6.75. The van der Waals surface area contributed by atoms with Crippen LogP contribution in [0, 0.1) is 10.1 Å². The van der Waals surface area contributed by atoms with Gasteiger partial charge in [0.25, 0.3) is 5.69 Å². The molecule has 0 aliphatic carbocycles. The third-order valence-corrected chi connectivity index (χ3v) is 6.80. The molecule has 2 aromatic carbocycles. The van der Waals surface area contributed by atoms with E-state index in [1.165, 1.54) is 0 Å². The van der Waals surface area contributed by atoms with E-state index in [9.17, 15) is 10.1 Å². The van der Waals surface area contributed by atoms with Crippen molar-refractivity contribution in [2.45, 2.75) is 37.8 Å². The first-order valence-electron chi connectivity index (χ1n) is 10.1. The van der Waals surface area contributed by atoms with Gasteiger partial charge in [0.2, 0.25) is 5.72 Å². The first kappa shape index (κ1) is 18.5. The number of fused-ring (bicyclic) bond motifs is 4. The van der Waals surface area contributed by atoms with Gasteiger partial charge in [-0.25, -0.2) is 4.99 Å². The molecule has 2 aliphatic heterocycles. The van der Waals surface area contributed by atoms with E-state index in [0.29, 0.717) is 5.75 Å². The van der Waals surface area contributed by atoms with E-state index < -0.39 is 11.1 Å². The van der Waals surface area contributed by atoms with Gasteiger partial charge in [0.1, 0.15) is 5.69 Å². The second-order valence-corrected chi connectivity index (χ2v) is 7.85. The van der Waals surface area contributed by atoms with Crippen LogP contribution in [-0.2, 0) is 5.41 Å². The molecule has 3 heterocycles. The van der Waals surface area contributed by atoms with E-state index in [0.717, 1.165) is 40.7 Å². The summed E-state index contributed by atoms with van der Waals surface area (Å²) in [5.74, 6) is 0.670. The summed E-state index contributed by atoms with van der Waals surface area (Å²) in [6.45, 7) is 4.20. The van der Waals surface area contributed by atoms with E-state index in [4.69, 9.17) is 9.73 Å². The van der Waals surface area contributed by atoms with Crippen molar-refractivity contribution in [2.75, 3.05) is 11.9 Å². The molecular weight excluding hydrogens is 380 g/mol. The predicted molar refractivity (Wildman–Crippen MR) is 117 cm³/mol. The van der Waals surface area contributed by atoms with Crippen LogP contribution in [0.3, 0.4) is 0 Å². The van der Waals surface area contributed by atoms with E-state index in [2.05, 4.69) is 23.7 Å². The number of likely N-dealkylation sites (N-methyl/N-ethyl adjacent to an activating group) is 1. The molecule has 0 fully saturated rings. The fourth-order valence-electron chi connectivity index (χ4n) is 5.18. The van der Waals surface area contributed by atoms with Gasteiger partial charge in [-0.15, -0.1) is 0 Å². The number of nitro groups is 1. The topological polar surface area (TPSA) is 80.9 Å². The quantitative estimate of drug-likeness (QED) is 0.447. The zero-order valence-electron chi connectivity index (χ0n) is 17.1. The molecule has 0 radical (unpaired) electrons. The molecule has 152 valence electrons. The lowest BCUT2D eigenvalue weighted by atomic mass is 9.69. The van der Waals surface area contributed by atoms with Gasteiger partial charge in [0.15, 0.2) is 5.75 Å². The molecule has 0 saturated heterocycles. The molecule has 2 aliphatic rings. The minimum atomic E-state index is -0.872. The van der Waals surface area contributed by atoms with Crippen LogP contribution in [0.25, 0.3) is 10.9 Å². The molecule has 1 unspecified atom stereocenters. The minimum Gasteiger partial charge on any atom is -0.459 e. The van der Waals surface area contributed by atoms with Gasteiger partial charge in [-0.3, -0.25) is 15.1 Å². The van der Waals surface area contributed by atoms with Crippen molar-refractivity contribution in [3.05, 3.63) is 64.3 Å². The van der Waals surface area contributed by atoms with E-state index >= 15 is 0 Å². The van der Waals surface area contributed by atoms with Crippen molar-refractivity contribution < 1.29 is 9.66 Å². The second-order valence-electron chi connectivity index (χ2n) is 7.85. The first-order valence-corrected chi connectivity index (χ1v) is 10.1. The summed E-state index contributed by atoms with van der Waals surface area (Å²) in [6, 6.07) is 12.9. The number of nitrogens with zero attached hydrogens (tertiary/aromatic N) is 4.